The molecule has 17 heavy (non-hydrogen) atoms. The highest BCUT2D eigenvalue weighted by Crippen LogP contribution is 2.09. The average molecular weight is 261 g/mol. The second-order valence-electron chi connectivity index (χ2n) is 3.79. The molecule has 1 aliphatic rings. The molecule has 1 rings (SSSR count). The van der Waals surface area contributed by atoms with Gasteiger partial charge in [0.25, 0.3) is 0 Å². The molecule has 0 bridgehead atoms. The Kier molecular flexibility index (Phi) is 6.31. The molecule has 1 saturated heterocycles. The van der Waals surface area contributed by atoms with E-state index in [0.29, 0.717) is 13.2 Å². The van der Waals surface area contributed by atoms with Gasteiger partial charge in [-0.2, -0.15) is 0 Å². The highest BCUT2D eigenvalue weighted by molar-refractivity contribution is 7.99. The Bertz CT molecular complexity index is 270. The molecule has 1 fully saturated rings. The number of methoxy groups -OCH3 is 1. The lowest BCUT2D eigenvalue weighted by Gasteiger charge is -2.16. The number of carbonyl (C=O) groups excluding carboxylic acids is 2. The second kappa shape index (κ2) is 7.52. The van der Waals surface area contributed by atoms with Gasteiger partial charge in [0.15, 0.2) is 0 Å². The summed E-state index contributed by atoms with van der Waals surface area (Å²) in [7, 11) is 1.57. The second-order valence-corrected chi connectivity index (χ2v) is 4.82. The summed E-state index contributed by atoms with van der Waals surface area (Å²) in [4.78, 5) is 23.3. The van der Waals surface area contributed by atoms with Gasteiger partial charge in [-0.05, 0) is 6.92 Å². The van der Waals surface area contributed by atoms with Crippen molar-refractivity contribution in [2.24, 2.45) is 0 Å². The van der Waals surface area contributed by atoms with Crippen LogP contribution in [-0.4, -0.2) is 55.8 Å². The first-order chi connectivity index (χ1) is 8.15. The molecular weight excluding hydrogens is 242 g/mol. The van der Waals surface area contributed by atoms with E-state index in [4.69, 9.17) is 4.74 Å². The molecule has 1 aliphatic heterocycles. The lowest BCUT2D eigenvalue weighted by atomic mass is 10.2. The molecule has 98 valence electrons. The van der Waals surface area contributed by atoms with Gasteiger partial charge in [0, 0.05) is 25.3 Å². The summed E-state index contributed by atoms with van der Waals surface area (Å²) >= 11 is 1.67. The lowest BCUT2D eigenvalue weighted by molar-refractivity contribution is -0.129. The largest absolute Gasteiger partial charge is 0.383 e. The minimum atomic E-state index is -0.522. The van der Waals surface area contributed by atoms with Gasteiger partial charge < -0.3 is 15.4 Å². The number of carbonyl (C=O) groups is 2. The fourth-order valence-corrected chi connectivity index (χ4v) is 2.31. The Balaban J connectivity index is 2.24. The maximum absolute atomic E-state index is 11.7. The van der Waals surface area contributed by atoms with Crippen LogP contribution in [0.15, 0.2) is 0 Å². The van der Waals surface area contributed by atoms with E-state index in [-0.39, 0.29) is 17.9 Å². The SMILES string of the molecule is COCCNC(=O)C(C)NC(=O)C1CSCN1. The first kappa shape index (κ1) is 14.3. The van der Waals surface area contributed by atoms with Gasteiger partial charge in [-0.15, -0.1) is 11.8 Å². The van der Waals surface area contributed by atoms with Gasteiger partial charge >= 0.3 is 0 Å². The van der Waals surface area contributed by atoms with Crippen LogP contribution in [0.1, 0.15) is 6.92 Å². The molecule has 1 heterocycles. The molecule has 6 nitrogen and oxygen atoms in total. The summed E-state index contributed by atoms with van der Waals surface area (Å²) in [6.45, 7) is 2.59. The first-order valence-electron chi connectivity index (χ1n) is 5.53. The van der Waals surface area contributed by atoms with Crippen molar-refractivity contribution in [3.05, 3.63) is 0 Å². The number of hydrogen-bond donors (Lipinski definition) is 3. The maximum Gasteiger partial charge on any atom is 0.242 e. The van der Waals surface area contributed by atoms with E-state index in [2.05, 4.69) is 16.0 Å². The molecule has 0 aromatic heterocycles. The third-order valence-corrected chi connectivity index (χ3v) is 3.33. The molecule has 3 N–H and O–H groups in total. The van der Waals surface area contributed by atoms with Crippen LogP contribution >= 0.6 is 11.8 Å². The Morgan fingerprint density at radius 3 is 2.94 bits per heavy atom. The summed E-state index contributed by atoms with van der Waals surface area (Å²) in [5, 5.41) is 8.41. The molecule has 0 aliphatic carbocycles. The van der Waals surface area contributed by atoms with E-state index in [1.165, 1.54) is 0 Å². The van der Waals surface area contributed by atoms with Gasteiger partial charge in [-0.25, -0.2) is 0 Å². The molecule has 2 unspecified atom stereocenters. The van der Waals surface area contributed by atoms with E-state index in [1.54, 1.807) is 25.8 Å². The van der Waals surface area contributed by atoms with Crippen molar-refractivity contribution in [1.82, 2.24) is 16.0 Å². The Morgan fingerprint density at radius 2 is 2.35 bits per heavy atom. The fraction of sp³-hybridized carbons (Fsp3) is 0.800. The molecule has 0 radical (unpaired) electrons. The Morgan fingerprint density at radius 1 is 1.59 bits per heavy atom. The zero-order valence-electron chi connectivity index (χ0n) is 10.1. The molecule has 7 heteroatoms. The Labute approximate surface area is 105 Å². The predicted octanol–water partition coefficient (Wildman–Crippen LogP) is -1.08. The minimum Gasteiger partial charge on any atom is -0.383 e. The monoisotopic (exact) mass is 261 g/mol. The van der Waals surface area contributed by atoms with Crippen LogP contribution in [0.2, 0.25) is 0 Å². The highest BCUT2D eigenvalue weighted by Gasteiger charge is 2.25. The number of amides is 2. The standard InChI is InChI=1S/C10H19N3O3S/c1-7(9(14)11-3-4-16-2)13-10(15)8-5-17-6-12-8/h7-8,12H,3-6H2,1-2H3,(H,11,14)(H,13,15). The molecule has 2 atom stereocenters. The molecule has 2 amide bonds. The molecule has 0 saturated carbocycles. The maximum atomic E-state index is 11.7. The highest BCUT2D eigenvalue weighted by atomic mass is 32.2. The summed E-state index contributed by atoms with van der Waals surface area (Å²) in [6.07, 6.45) is 0. The number of nitrogens with one attached hydrogen (secondary N) is 3. The molecule has 0 spiro atoms. The van der Waals surface area contributed by atoms with Crippen molar-refractivity contribution in [3.8, 4) is 0 Å². The number of thioether (sulfide) groups is 1. The third kappa shape index (κ3) is 4.93. The van der Waals surface area contributed by atoms with Crippen LogP contribution in [0, 0.1) is 0 Å². The number of rotatable bonds is 6. The summed E-state index contributed by atoms with van der Waals surface area (Å²) in [5.74, 6) is 1.22. The van der Waals surface area contributed by atoms with Crippen molar-refractivity contribution in [1.29, 1.82) is 0 Å². The Hall–Kier alpha value is -0.790. The van der Waals surface area contributed by atoms with Gasteiger partial charge in [-0.1, -0.05) is 0 Å². The summed E-state index contributed by atoms with van der Waals surface area (Å²) in [5.41, 5.74) is 0. The summed E-state index contributed by atoms with van der Waals surface area (Å²) < 4.78 is 4.82. The van der Waals surface area contributed by atoms with Crippen molar-refractivity contribution in [2.75, 3.05) is 31.9 Å². The van der Waals surface area contributed by atoms with Crippen molar-refractivity contribution in [3.63, 3.8) is 0 Å². The zero-order valence-corrected chi connectivity index (χ0v) is 10.9. The van der Waals surface area contributed by atoms with E-state index in [0.717, 1.165) is 11.6 Å². The predicted molar refractivity (Wildman–Crippen MR) is 66.7 cm³/mol. The van der Waals surface area contributed by atoms with Crippen LogP contribution in [0.3, 0.4) is 0 Å². The normalized spacial score (nSPS) is 20.9. The quantitative estimate of drug-likeness (QED) is 0.530. The number of hydrogen-bond acceptors (Lipinski definition) is 5. The average Bonchev–Trinajstić information content (AvgIpc) is 2.82. The van der Waals surface area contributed by atoms with Crippen LogP contribution < -0.4 is 16.0 Å². The zero-order chi connectivity index (χ0) is 12.7. The van der Waals surface area contributed by atoms with Crippen LogP contribution in [0.4, 0.5) is 0 Å². The third-order valence-electron chi connectivity index (χ3n) is 2.39. The van der Waals surface area contributed by atoms with Crippen LogP contribution in [0.5, 0.6) is 0 Å². The smallest absolute Gasteiger partial charge is 0.242 e. The van der Waals surface area contributed by atoms with Gasteiger partial charge in [-0.3, -0.25) is 14.9 Å². The van der Waals surface area contributed by atoms with Crippen molar-refractivity contribution >= 4 is 23.6 Å². The van der Waals surface area contributed by atoms with E-state index in [9.17, 15) is 9.59 Å². The van der Waals surface area contributed by atoms with Crippen molar-refractivity contribution in [2.45, 2.75) is 19.0 Å². The van der Waals surface area contributed by atoms with Gasteiger partial charge in [0.1, 0.15) is 6.04 Å². The molecular formula is C10H19N3O3S. The summed E-state index contributed by atoms with van der Waals surface area (Å²) in [6, 6.07) is -0.707. The topological polar surface area (TPSA) is 79.5 Å². The minimum absolute atomic E-state index is 0.121. The van der Waals surface area contributed by atoms with Gasteiger partial charge in [0.2, 0.25) is 11.8 Å². The van der Waals surface area contributed by atoms with Crippen molar-refractivity contribution < 1.29 is 14.3 Å². The number of ether oxygens (including phenoxy) is 1. The van der Waals surface area contributed by atoms with E-state index < -0.39 is 6.04 Å². The van der Waals surface area contributed by atoms with Crippen LogP contribution in [0.25, 0.3) is 0 Å². The fourth-order valence-electron chi connectivity index (χ4n) is 1.37. The molecule has 0 aromatic carbocycles. The van der Waals surface area contributed by atoms with Crippen LogP contribution in [-0.2, 0) is 14.3 Å². The van der Waals surface area contributed by atoms with E-state index >= 15 is 0 Å². The van der Waals surface area contributed by atoms with Gasteiger partial charge in [0.05, 0.1) is 12.6 Å². The van der Waals surface area contributed by atoms with E-state index in [1.807, 2.05) is 0 Å². The first-order valence-corrected chi connectivity index (χ1v) is 6.68. The molecule has 0 aromatic rings. The lowest BCUT2D eigenvalue weighted by Crippen LogP contribution is -2.51.